The first-order valence-electron chi connectivity index (χ1n) is 8.66. The summed E-state index contributed by atoms with van der Waals surface area (Å²) in [4.78, 5) is 37.9. The average Bonchev–Trinajstić information content (AvgIpc) is 2.97. The fourth-order valence-electron chi connectivity index (χ4n) is 2.87. The second-order valence-corrected chi connectivity index (χ2v) is 7.61. The van der Waals surface area contributed by atoms with Crippen LogP contribution < -0.4 is 0 Å². The van der Waals surface area contributed by atoms with Crippen molar-refractivity contribution in [3.8, 4) is 0 Å². The fraction of sp³-hybridized carbons (Fsp3) is 0.150. The maximum atomic E-state index is 13.1. The van der Waals surface area contributed by atoms with Crippen LogP contribution in [-0.2, 0) is 14.3 Å². The van der Waals surface area contributed by atoms with E-state index in [1.807, 2.05) is 0 Å². The maximum Gasteiger partial charge on any atom is 0.333 e. The zero-order chi connectivity index (χ0) is 21.0. The van der Waals surface area contributed by atoms with E-state index in [1.54, 1.807) is 55.5 Å². The summed E-state index contributed by atoms with van der Waals surface area (Å²) in [6.07, 6.45) is 1.42. The SMILES string of the molecule is CCOC(=O)C(c1ccccc1)N1C(=O)/C(=C/c2ccccc2[N+](=O)[O-])SC1=S. The van der Waals surface area contributed by atoms with Crippen molar-refractivity contribution in [1.82, 2.24) is 4.90 Å². The Bertz CT molecular complexity index is 1010. The zero-order valence-electron chi connectivity index (χ0n) is 15.3. The number of nitro groups is 1. The van der Waals surface area contributed by atoms with Gasteiger partial charge >= 0.3 is 5.97 Å². The van der Waals surface area contributed by atoms with Gasteiger partial charge in [0, 0.05) is 6.07 Å². The van der Waals surface area contributed by atoms with Gasteiger partial charge in [0.2, 0.25) is 0 Å². The highest BCUT2D eigenvalue weighted by molar-refractivity contribution is 8.26. The summed E-state index contributed by atoms with van der Waals surface area (Å²) >= 11 is 6.35. The molecule has 0 bridgehead atoms. The van der Waals surface area contributed by atoms with Crippen molar-refractivity contribution in [3.63, 3.8) is 0 Å². The van der Waals surface area contributed by atoms with Gasteiger partial charge in [0.15, 0.2) is 6.04 Å². The highest BCUT2D eigenvalue weighted by atomic mass is 32.2. The highest BCUT2D eigenvalue weighted by Gasteiger charge is 2.42. The number of carbonyl (C=O) groups excluding carboxylic acids is 2. The molecular weight excluding hydrogens is 412 g/mol. The molecule has 2 aromatic rings. The number of rotatable bonds is 6. The van der Waals surface area contributed by atoms with Gasteiger partial charge in [-0.15, -0.1) is 0 Å². The number of esters is 1. The molecule has 1 aliphatic heterocycles. The van der Waals surface area contributed by atoms with E-state index < -0.39 is 22.8 Å². The highest BCUT2D eigenvalue weighted by Crippen LogP contribution is 2.39. The fourth-order valence-corrected chi connectivity index (χ4v) is 4.17. The number of hydrogen-bond donors (Lipinski definition) is 0. The van der Waals surface area contributed by atoms with Crippen LogP contribution in [0.4, 0.5) is 5.69 Å². The van der Waals surface area contributed by atoms with Crippen molar-refractivity contribution in [1.29, 1.82) is 0 Å². The minimum atomic E-state index is -1.03. The van der Waals surface area contributed by atoms with E-state index >= 15 is 0 Å². The molecule has 1 heterocycles. The maximum absolute atomic E-state index is 13.1. The lowest BCUT2D eigenvalue weighted by Gasteiger charge is -2.25. The number of para-hydroxylation sites is 1. The first-order chi connectivity index (χ1) is 13.9. The predicted molar refractivity (Wildman–Crippen MR) is 114 cm³/mol. The van der Waals surface area contributed by atoms with Gasteiger partial charge in [-0.25, -0.2) is 4.79 Å². The second kappa shape index (κ2) is 8.97. The lowest BCUT2D eigenvalue weighted by Crippen LogP contribution is -2.38. The quantitative estimate of drug-likeness (QED) is 0.225. The molecule has 2 aromatic carbocycles. The third-order valence-electron chi connectivity index (χ3n) is 4.13. The van der Waals surface area contributed by atoms with Crippen molar-refractivity contribution < 1.29 is 19.2 Å². The lowest BCUT2D eigenvalue weighted by atomic mass is 10.1. The van der Waals surface area contributed by atoms with Gasteiger partial charge in [0.05, 0.1) is 22.0 Å². The molecule has 1 unspecified atom stereocenters. The van der Waals surface area contributed by atoms with Gasteiger partial charge < -0.3 is 4.74 Å². The summed E-state index contributed by atoms with van der Waals surface area (Å²) in [7, 11) is 0. The number of benzene rings is 2. The molecule has 0 saturated carbocycles. The van der Waals surface area contributed by atoms with Crippen molar-refractivity contribution in [2.45, 2.75) is 13.0 Å². The van der Waals surface area contributed by atoms with Crippen molar-refractivity contribution in [3.05, 3.63) is 80.7 Å². The van der Waals surface area contributed by atoms with Gasteiger partial charge in [-0.3, -0.25) is 19.8 Å². The monoisotopic (exact) mass is 428 g/mol. The van der Waals surface area contributed by atoms with E-state index in [2.05, 4.69) is 0 Å². The van der Waals surface area contributed by atoms with Crippen LogP contribution in [0.15, 0.2) is 59.5 Å². The molecule has 1 saturated heterocycles. The molecule has 0 aromatic heterocycles. The lowest BCUT2D eigenvalue weighted by molar-refractivity contribution is -0.385. The summed E-state index contributed by atoms with van der Waals surface area (Å²) in [6.45, 7) is 1.84. The van der Waals surface area contributed by atoms with E-state index in [-0.39, 0.29) is 27.1 Å². The van der Waals surface area contributed by atoms with Gasteiger partial charge in [0.25, 0.3) is 11.6 Å². The minimum Gasteiger partial charge on any atom is -0.464 e. The van der Waals surface area contributed by atoms with Gasteiger partial charge in [-0.05, 0) is 24.6 Å². The van der Waals surface area contributed by atoms with Crippen molar-refractivity contribution in [2.75, 3.05) is 6.61 Å². The Kier molecular flexibility index (Phi) is 6.40. The number of hydrogen-bond acceptors (Lipinski definition) is 7. The Morgan fingerprint density at radius 2 is 1.90 bits per heavy atom. The topological polar surface area (TPSA) is 89.8 Å². The number of ether oxygens (including phenoxy) is 1. The molecule has 1 atom stereocenters. The smallest absolute Gasteiger partial charge is 0.333 e. The first-order valence-corrected chi connectivity index (χ1v) is 9.88. The molecule has 1 fully saturated rings. The summed E-state index contributed by atoms with van der Waals surface area (Å²) < 4.78 is 5.34. The minimum absolute atomic E-state index is 0.122. The second-order valence-electron chi connectivity index (χ2n) is 5.93. The van der Waals surface area contributed by atoms with E-state index in [4.69, 9.17) is 17.0 Å². The van der Waals surface area contributed by atoms with E-state index in [1.165, 1.54) is 17.0 Å². The van der Waals surface area contributed by atoms with Gasteiger partial charge in [-0.2, -0.15) is 0 Å². The van der Waals surface area contributed by atoms with Crippen LogP contribution in [0.25, 0.3) is 6.08 Å². The molecule has 9 heteroatoms. The van der Waals surface area contributed by atoms with Crippen LogP contribution in [-0.4, -0.2) is 32.6 Å². The molecule has 1 amide bonds. The number of carbonyl (C=O) groups is 2. The number of nitrogens with zero attached hydrogens (tertiary/aromatic N) is 2. The number of nitro benzene ring substituents is 1. The summed E-state index contributed by atoms with van der Waals surface area (Å²) in [5.74, 6) is -1.10. The van der Waals surface area contributed by atoms with Crippen LogP contribution >= 0.6 is 24.0 Å². The Morgan fingerprint density at radius 1 is 1.24 bits per heavy atom. The Labute approximate surface area is 176 Å². The third-order valence-corrected chi connectivity index (χ3v) is 5.46. The molecule has 29 heavy (non-hydrogen) atoms. The molecular formula is C20H16N2O5S2. The van der Waals surface area contributed by atoms with Crippen molar-refractivity contribution in [2.24, 2.45) is 0 Å². The number of thiocarbonyl (C=S) groups is 1. The molecule has 148 valence electrons. The normalized spacial score (nSPS) is 16.2. The number of thioether (sulfide) groups is 1. The Hall–Kier alpha value is -3.04. The molecule has 7 nitrogen and oxygen atoms in total. The summed E-state index contributed by atoms with van der Waals surface area (Å²) in [5.41, 5.74) is 0.724. The third kappa shape index (κ3) is 4.36. The van der Waals surface area contributed by atoms with Crippen LogP contribution in [0.3, 0.4) is 0 Å². The standard InChI is InChI=1S/C20H16N2O5S2/c1-2-27-19(24)17(13-8-4-3-5-9-13)21-18(23)16(29-20(21)28)12-14-10-6-7-11-15(14)22(25)26/h3-12,17H,2H2,1H3/b16-12-. The molecule has 1 aliphatic rings. The van der Waals surface area contributed by atoms with Crippen LogP contribution in [0, 0.1) is 10.1 Å². The van der Waals surface area contributed by atoms with Crippen LogP contribution in [0.5, 0.6) is 0 Å². The van der Waals surface area contributed by atoms with E-state index in [0.29, 0.717) is 5.56 Å². The van der Waals surface area contributed by atoms with Crippen molar-refractivity contribution >= 4 is 51.9 Å². The predicted octanol–water partition coefficient (Wildman–Crippen LogP) is 4.10. The Balaban J connectivity index is 2.01. The largest absolute Gasteiger partial charge is 0.464 e. The molecule has 0 spiro atoms. The molecule has 0 radical (unpaired) electrons. The van der Waals surface area contributed by atoms with Crippen LogP contribution in [0.2, 0.25) is 0 Å². The molecule has 0 N–H and O–H groups in total. The van der Waals surface area contributed by atoms with Crippen LogP contribution in [0.1, 0.15) is 24.1 Å². The van der Waals surface area contributed by atoms with E-state index in [9.17, 15) is 19.7 Å². The zero-order valence-corrected chi connectivity index (χ0v) is 16.9. The van der Waals surface area contributed by atoms with Gasteiger partial charge in [-0.1, -0.05) is 66.4 Å². The first kappa shape index (κ1) is 20.7. The van der Waals surface area contributed by atoms with E-state index in [0.717, 1.165) is 11.8 Å². The molecule has 0 aliphatic carbocycles. The average molecular weight is 428 g/mol. The summed E-state index contributed by atoms with van der Waals surface area (Å²) in [6, 6.07) is 13.8. The van der Waals surface area contributed by atoms with Gasteiger partial charge in [0.1, 0.15) is 4.32 Å². The Morgan fingerprint density at radius 3 is 2.55 bits per heavy atom. The number of amides is 1. The molecule has 3 rings (SSSR count). The summed E-state index contributed by atoms with van der Waals surface area (Å²) in [5, 5.41) is 11.2.